The van der Waals surface area contributed by atoms with Crippen molar-refractivity contribution in [2.45, 2.75) is 19.3 Å². The van der Waals surface area contributed by atoms with E-state index in [0.717, 1.165) is 6.42 Å². The number of rotatable bonds is 1. The molecule has 0 rings (SSSR count). The molecule has 0 spiro atoms. The van der Waals surface area contributed by atoms with Gasteiger partial charge in [-0.2, -0.15) is 10.5 Å². The Morgan fingerprint density at radius 2 is 1.56 bits per heavy atom. The van der Waals surface area contributed by atoms with Crippen molar-refractivity contribution in [3.05, 3.63) is 13.8 Å². The summed E-state index contributed by atoms with van der Waals surface area (Å²) in [5.41, 5.74) is 0. The van der Waals surface area contributed by atoms with Crippen LogP contribution in [-0.4, -0.2) is 0 Å². The maximum atomic E-state index is 7.78. The molecule has 0 aliphatic carbocycles. The molecule has 2 radical (unpaired) electrons. The second kappa shape index (κ2) is 15.8. The lowest BCUT2D eigenvalue weighted by atomic mass is 10.4. The van der Waals surface area contributed by atoms with Crippen molar-refractivity contribution in [3.8, 4) is 12.1 Å². The van der Waals surface area contributed by atoms with Crippen LogP contribution < -0.4 is 0 Å². The highest BCUT2D eigenvalue weighted by molar-refractivity contribution is 4.68. The molecule has 0 atom stereocenters. The third kappa shape index (κ3) is 44.2. The van der Waals surface area contributed by atoms with E-state index in [2.05, 4.69) is 13.8 Å². The largest absolute Gasteiger partial charge is 0.198 e. The van der Waals surface area contributed by atoms with E-state index < -0.39 is 0 Å². The van der Waals surface area contributed by atoms with Gasteiger partial charge in [0.2, 0.25) is 0 Å². The summed E-state index contributed by atoms with van der Waals surface area (Å²) in [5, 5.41) is 15.3. The van der Waals surface area contributed by atoms with E-state index in [9.17, 15) is 0 Å². The van der Waals surface area contributed by atoms with Crippen molar-refractivity contribution in [3.63, 3.8) is 0 Å². The molecule has 0 aliphatic heterocycles. The monoisotopic (exact) mass is 122 g/mol. The molecule has 0 bridgehead atoms. The van der Waals surface area contributed by atoms with Crippen LogP contribution in [0.2, 0.25) is 0 Å². The molecule has 2 heteroatoms. The smallest absolute Gasteiger partial charge is 0.0621 e. The van der Waals surface area contributed by atoms with E-state index in [1.807, 2.05) is 12.1 Å². The molecule has 0 saturated carbocycles. The molecule has 0 amide bonds. The predicted molar refractivity (Wildman–Crippen MR) is 35.8 cm³/mol. The first kappa shape index (κ1) is 10.9. The zero-order chi connectivity index (χ0) is 7.54. The van der Waals surface area contributed by atoms with Crippen LogP contribution in [0.1, 0.15) is 19.3 Å². The van der Waals surface area contributed by atoms with Crippen LogP contribution in [0.3, 0.4) is 0 Å². The maximum absolute atomic E-state index is 7.78. The Labute approximate surface area is 56.7 Å². The third-order valence-corrected chi connectivity index (χ3v) is 0.400. The van der Waals surface area contributed by atoms with Gasteiger partial charge in [0.05, 0.1) is 12.1 Å². The van der Waals surface area contributed by atoms with E-state index in [0.29, 0.717) is 12.8 Å². The van der Waals surface area contributed by atoms with Gasteiger partial charge in [0.1, 0.15) is 0 Å². The van der Waals surface area contributed by atoms with Crippen LogP contribution in [-0.2, 0) is 0 Å². The van der Waals surface area contributed by atoms with Gasteiger partial charge in [-0.25, -0.2) is 0 Å². The zero-order valence-electron chi connectivity index (χ0n) is 5.43. The highest BCUT2D eigenvalue weighted by atomic mass is 14.2. The summed E-state index contributed by atoms with van der Waals surface area (Å²) in [6.45, 7) is 6.70. The van der Waals surface area contributed by atoms with Crippen LogP contribution in [0.15, 0.2) is 0 Å². The minimum absolute atomic E-state index is 0.375. The number of nitrogens with zero attached hydrogens (tertiary/aromatic N) is 2. The highest BCUT2D eigenvalue weighted by Crippen LogP contribution is 1.76. The zero-order valence-corrected chi connectivity index (χ0v) is 5.43. The standard InChI is InChI=1S/C4H6N.C3H4N/c1-2-3-4-5;1-2-3-4/h1-3H2;1-2H2. The molecule has 48 valence electrons. The van der Waals surface area contributed by atoms with Gasteiger partial charge in [-0.05, 0) is 13.3 Å². The Balaban J connectivity index is 0. The van der Waals surface area contributed by atoms with Crippen LogP contribution in [0.25, 0.3) is 0 Å². The number of hydrogen-bond donors (Lipinski definition) is 0. The second-order valence-corrected chi connectivity index (χ2v) is 1.17. The average Bonchev–Trinajstić information content (AvgIpc) is 1.91. The summed E-state index contributed by atoms with van der Waals surface area (Å²) in [4.78, 5) is 0. The normalized spacial score (nSPS) is 5.78. The molecule has 9 heavy (non-hydrogen) atoms. The molecule has 2 nitrogen and oxygen atoms in total. The van der Waals surface area contributed by atoms with E-state index in [4.69, 9.17) is 10.5 Å². The first-order valence-corrected chi connectivity index (χ1v) is 2.65. The van der Waals surface area contributed by atoms with Crippen molar-refractivity contribution in [1.29, 1.82) is 10.5 Å². The van der Waals surface area contributed by atoms with Crippen molar-refractivity contribution in [2.75, 3.05) is 0 Å². The summed E-state index contributed by atoms with van der Waals surface area (Å²) in [5.74, 6) is 0. The Kier molecular flexibility index (Phi) is 19.0. The fourth-order valence-corrected chi connectivity index (χ4v) is 0.0791. The molecule has 0 aromatic heterocycles. The van der Waals surface area contributed by atoms with Gasteiger partial charge < -0.3 is 0 Å². The van der Waals surface area contributed by atoms with Gasteiger partial charge >= 0.3 is 0 Å². The Morgan fingerprint density at radius 1 is 1.11 bits per heavy atom. The van der Waals surface area contributed by atoms with E-state index in [1.165, 1.54) is 0 Å². The lowest BCUT2D eigenvalue weighted by Gasteiger charge is -1.65. The van der Waals surface area contributed by atoms with E-state index >= 15 is 0 Å². The molecule has 0 N–H and O–H groups in total. The topological polar surface area (TPSA) is 47.6 Å². The van der Waals surface area contributed by atoms with Crippen LogP contribution in [0.5, 0.6) is 0 Å². The summed E-state index contributed by atoms with van der Waals surface area (Å²) < 4.78 is 0. The summed E-state index contributed by atoms with van der Waals surface area (Å²) in [6, 6.07) is 3.77. The third-order valence-electron chi connectivity index (χ3n) is 0.400. The van der Waals surface area contributed by atoms with Crippen LogP contribution in [0.4, 0.5) is 0 Å². The van der Waals surface area contributed by atoms with E-state index in [-0.39, 0.29) is 0 Å². The molecular weight excluding hydrogens is 112 g/mol. The number of nitriles is 2. The number of hydrogen-bond acceptors (Lipinski definition) is 2. The average molecular weight is 122 g/mol. The first-order valence-electron chi connectivity index (χ1n) is 2.65. The van der Waals surface area contributed by atoms with Crippen molar-refractivity contribution >= 4 is 0 Å². The molecule has 0 aromatic carbocycles. The molecule has 0 saturated heterocycles. The van der Waals surface area contributed by atoms with Crippen molar-refractivity contribution in [1.82, 2.24) is 0 Å². The molecule has 0 unspecified atom stereocenters. The first-order chi connectivity index (χ1) is 4.33. The summed E-state index contributed by atoms with van der Waals surface area (Å²) >= 11 is 0. The lowest BCUT2D eigenvalue weighted by molar-refractivity contribution is 1.06. The van der Waals surface area contributed by atoms with Gasteiger partial charge in [0.15, 0.2) is 0 Å². The van der Waals surface area contributed by atoms with Crippen LogP contribution >= 0.6 is 0 Å². The molecular formula is C7H10N2. The minimum atomic E-state index is 0.375. The molecule has 0 fully saturated rings. The van der Waals surface area contributed by atoms with Gasteiger partial charge in [-0.1, -0.05) is 6.92 Å². The van der Waals surface area contributed by atoms with Gasteiger partial charge in [-0.15, -0.1) is 0 Å². The molecule has 0 aromatic rings. The molecule has 0 aliphatic rings. The summed E-state index contributed by atoms with van der Waals surface area (Å²) in [6.07, 6.45) is 1.69. The Hall–Kier alpha value is -1.02. The summed E-state index contributed by atoms with van der Waals surface area (Å²) in [7, 11) is 0. The highest BCUT2D eigenvalue weighted by Gasteiger charge is 1.65. The minimum Gasteiger partial charge on any atom is -0.198 e. The van der Waals surface area contributed by atoms with Gasteiger partial charge in [0.25, 0.3) is 0 Å². The van der Waals surface area contributed by atoms with Crippen molar-refractivity contribution in [2.24, 2.45) is 0 Å². The Bertz CT molecular complexity index is 105. The fraction of sp³-hybridized carbons (Fsp3) is 0.429. The van der Waals surface area contributed by atoms with E-state index in [1.54, 1.807) is 0 Å². The van der Waals surface area contributed by atoms with Gasteiger partial charge in [0, 0.05) is 12.8 Å². The van der Waals surface area contributed by atoms with Crippen molar-refractivity contribution < 1.29 is 0 Å². The van der Waals surface area contributed by atoms with Crippen LogP contribution in [0, 0.1) is 36.5 Å². The van der Waals surface area contributed by atoms with Gasteiger partial charge in [-0.3, -0.25) is 0 Å². The fourth-order valence-electron chi connectivity index (χ4n) is 0.0791. The lowest BCUT2D eigenvalue weighted by Crippen LogP contribution is -1.54. The predicted octanol–water partition coefficient (Wildman–Crippen LogP) is 1.86. The quantitative estimate of drug-likeness (QED) is 0.533. The molecule has 0 heterocycles. The Morgan fingerprint density at radius 3 is 1.56 bits per heavy atom. The maximum Gasteiger partial charge on any atom is 0.0621 e. The second-order valence-electron chi connectivity index (χ2n) is 1.17. The SMILES string of the molecule is [CH2]CC#N.[CH2]CCC#N. The number of unbranched alkanes of at least 4 members (excludes halogenated alkanes) is 1.